The monoisotopic (exact) mass is 398 g/mol. The van der Waals surface area contributed by atoms with Crippen molar-refractivity contribution in [2.75, 3.05) is 36.5 Å². The van der Waals surface area contributed by atoms with Gasteiger partial charge in [0.25, 0.3) is 12.4 Å². The number of morpholine rings is 1. The van der Waals surface area contributed by atoms with Gasteiger partial charge in [0.2, 0.25) is 0 Å². The summed E-state index contributed by atoms with van der Waals surface area (Å²) in [6.45, 7) is 6.66. The number of rotatable bonds is 3. The number of aryl methyl sites for hydroxylation is 2. The smallest absolute Gasteiger partial charge is 0.290 e. The molecule has 0 saturated carbocycles. The van der Waals surface area contributed by atoms with E-state index in [1.165, 1.54) is 0 Å². The van der Waals surface area contributed by atoms with Crippen molar-refractivity contribution in [2.45, 2.75) is 13.8 Å². The van der Waals surface area contributed by atoms with Gasteiger partial charge in [0.1, 0.15) is 5.82 Å². The van der Waals surface area contributed by atoms with Gasteiger partial charge in [-0.3, -0.25) is 14.7 Å². The van der Waals surface area contributed by atoms with Crippen LogP contribution in [0.3, 0.4) is 0 Å². The lowest BCUT2D eigenvalue weighted by atomic mass is 10.1. The van der Waals surface area contributed by atoms with Crippen LogP contribution >= 0.6 is 0 Å². The van der Waals surface area contributed by atoms with Crippen molar-refractivity contribution in [2.24, 2.45) is 0 Å². The number of amides is 1. The fraction of sp³-hybridized carbons (Fsp3) is 0.316. The van der Waals surface area contributed by atoms with E-state index in [9.17, 15) is 4.79 Å². The first kappa shape index (κ1) is 20.2. The number of nitrogens with one attached hydrogen (secondary N) is 2. The fourth-order valence-corrected chi connectivity index (χ4v) is 3.15. The van der Waals surface area contributed by atoms with Crippen LogP contribution in [0.2, 0.25) is 0 Å². The Morgan fingerprint density at radius 1 is 1.31 bits per heavy atom. The van der Waals surface area contributed by atoms with E-state index in [4.69, 9.17) is 14.6 Å². The van der Waals surface area contributed by atoms with Crippen LogP contribution in [0.5, 0.6) is 0 Å². The number of carbonyl (C=O) groups excluding carboxylic acids is 1. The number of anilines is 2. The number of H-pyrrole nitrogens is 1. The van der Waals surface area contributed by atoms with Crippen LogP contribution in [0.25, 0.3) is 11.0 Å². The Labute approximate surface area is 166 Å². The first-order valence-electron chi connectivity index (χ1n) is 9.03. The summed E-state index contributed by atoms with van der Waals surface area (Å²) < 4.78 is 5.35. The van der Waals surface area contributed by atoms with Gasteiger partial charge in [-0.2, -0.15) is 5.10 Å². The Balaban J connectivity index is 0.000000755. The lowest BCUT2D eigenvalue weighted by molar-refractivity contribution is -0.122. The van der Waals surface area contributed by atoms with Crippen LogP contribution in [-0.2, 0) is 9.53 Å². The summed E-state index contributed by atoms with van der Waals surface area (Å²) in [4.78, 5) is 31.9. The highest BCUT2D eigenvalue weighted by molar-refractivity contribution is 6.07. The van der Waals surface area contributed by atoms with Crippen LogP contribution in [0, 0.1) is 13.8 Å². The number of hydrogen-bond acceptors (Lipinski definition) is 7. The molecule has 3 aromatic heterocycles. The van der Waals surface area contributed by atoms with E-state index >= 15 is 0 Å². The molecule has 0 bridgehead atoms. The van der Waals surface area contributed by atoms with Crippen molar-refractivity contribution in [1.29, 1.82) is 0 Å². The van der Waals surface area contributed by atoms with Crippen molar-refractivity contribution in [3.63, 3.8) is 0 Å². The van der Waals surface area contributed by atoms with Gasteiger partial charge in [0.15, 0.2) is 11.5 Å². The molecule has 0 spiro atoms. The first-order valence-corrected chi connectivity index (χ1v) is 9.03. The zero-order valence-corrected chi connectivity index (χ0v) is 16.2. The van der Waals surface area contributed by atoms with E-state index in [-0.39, 0.29) is 12.4 Å². The summed E-state index contributed by atoms with van der Waals surface area (Å²) in [7, 11) is 0. The van der Waals surface area contributed by atoms with E-state index in [1.807, 2.05) is 26.0 Å². The van der Waals surface area contributed by atoms with Crippen molar-refractivity contribution in [1.82, 2.24) is 20.2 Å². The third-order valence-electron chi connectivity index (χ3n) is 4.43. The molecule has 152 valence electrons. The molecule has 4 heterocycles. The van der Waals surface area contributed by atoms with E-state index < -0.39 is 0 Å². The molecule has 3 aromatic rings. The maximum atomic E-state index is 12.6. The molecule has 29 heavy (non-hydrogen) atoms. The van der Waals surface area contributed by atoms with Crippen molar-refractivity contribution in [3.8, 4) is 0 Å². The predicted molar refractivity (Wildman–Crippen MR) is 107 cm³/mol. The molecular weight excluding hydrogens is 376 g/mol. The minimum absolute atomic E-state index is 0.250. The number of pyridine rings is 2. The molecule has 0 radical (unpaired) electrons. The Hall–Kier alpha value is -3.53. The molecule has 3 N–H and O–H groups in total. The number of fused-ring (bicyclic) bond motifs is 1. The Morgan fingerprint density at radius 2 is 2.03 bits per heavy atom. The molecule has 10 nitrogen and oxygen atoms in total. The molecule has 4 rings (SSSR count). The quantitative estimate of drug-likeness (QED) is 0.568. The number of aromatic amines is 1. The van der Waals surface area contributed by atoms with Crippen LogP contribution in [0.15, 0.2) is 24.4 Å². The zero-order chi connectivity index (χ0) is 20.8. The largest absolute Gasteiger partial charge is 0.483 e. The Kier molecular flexibility index (Phi) is 6.35. The van der Waals surface area contributed by atoms with Gasteiger partial charge in [0, 0.05) is 25.0 Å². The number of nitrogens with zero attached hydrogens (tertiary/aromatic N) is 4. The van der Waals surface area contributed by atoms with Crippen molar-refractivity contribution < 1.29 is 19.4 Å². The predicted octanol–water partition coefficient (Wildman–Crippen LogP) is 1.76. The lowest BCUT2D eigenvalue weighted by Crippen LogP contribution is -2.36. The second-order valence-corrected chi connectivity index (χ2v) is 6.44. The second-order valence-electron chi connectivity index (χ2n) is 6.44. The molecule has 1 fully saturated rings. The van der Waals surface area contributed by atoms with Crippen LogP contribution in [0.1, 0.15) is 21.6 Å². The lowest BCUT2D eigenvalue weighted by Gasteiger charge is -2.27. The van der Waals surface area contributed by atoms with Gasteiger partial charge in [-0.1, -0.05) is 0 Å². The number of aromatic nitrogens is 4. The standard InChI is InChI=1S/C18H20N6O2.CH2O2/c1-11-9-12(2)20-16-15(11)17(23-22-16)21-18(25)13-3-4-14(19-10-13)24-5-7-26-8-6-24;2-1-3/h3-4,9-10H,5-8H2,1-2H3,(H2,20,21,22,23,25);1H,(H,2,3). The number of carbonyl (C=O) groups is 2. The normalized spacial score (nSPS) is 13.5. The van der Waals surface area contributed by atoms with E-state index in [2.05, 4.69) is 30.4 Å². The summed E-state index contributed by atoms with van der Waals surface area (Å²) >= 11 is 0. The van der Waals surface area contributed by atoms with Gasteiger partial charge in [-0.05, 0) is 37.6 Å². The molecule has 1 aliphatic rings. The van der Waals surface area contributed by atoms with Gasteiger partial charge in [0.05, 0.1) is 24.2 Å². The molecule has 10 heteroatoms. The fourth-order valence-electron chi connectivity index (χ4n) is 3.15. The third-order valence-corrected chi connectivity index (χ3v) is 4.43. The molecule has 1 saturated heterocycles. The molecule has 0 atom stereocenters. The zero-order valence-electron chi connectivity index (χ0n) is 16.2. The van der Waals surface area contributed by atoms with Crippen molar-refractivity contribution >= 4 is 35.0 Å². The second kappa shape index (κ2) is 9.11. The SMILES string of the molecule is Cc1cc(C)c2c(NC(=O)c3ccc(N4CCOCC4)nc3)n[nH]c2n1.O=CO. The highest BCUT2D eigenvalue weighted by Crippen LogP contribution is 2.24. The summed E-state index contributed by atoms with van der Waals surface area (Å²) in [5, 5.41) is 17.6. The number of hydrogen-bond donors (Lipinski definition) is 3. The molecule has 0 unspecified atom stereocenters. The van der Waals surface area contributed by atoms with Gasteiger partial charge < -0.3 is 20.1 Å². The summed E-state index contributed by atoms with van der Waals surface area (Å²) in [6, 6.07) is 5.60. The molecule has 1 aliphatic heterocycles. The number of ether oxygens (including phenoxy) is 1. The summed E-state index contributed by atoms with van der Waals surface area (Å²) in [5.41, 5.74) is 3.06. The average molecular weight is 398 g/mol. The number of carboxylic acid groups (broad SMARTS) is 1. The highest BCUT2D eigenvalue weighted by atomic mass is 16.5. The van der Waals surface area contributed by atoms with Crippen LogP contribution in [-0.4, -0.2) is 64.0 Å². The third kappa shape index (κ3) is 4.66. The Morgan fingerprint density at radius 3 is 2.69 bits per heavy atom. The van der Waals surface area contributed by atoms with Crippen LogP contribution in [0.4, 0.5) is 11.6 Å². The summed E-state index contributed by atoms with van der Waals surface area (Å²) in [6.07, 6.45) is 1.59. The molecule has 0 aliphatic carbocycles. The van der Waals surface area contributed by atoms with Gasteiger partial charge in [-0.15, -0.1) is 0 Å². The topological polar surface area (TPSA) is 133 Å². The van der Waals surface area contributed by atoms with Crippen molar-refractivity contribution in [3.05, 3.63) is 41.2 Å². The summed E-state index contributed by atoms with van der Waals surface area (Å²) in [5.74, 6) is 1.08. The minimum atomic E-state index is -0.251. The van der Waals surface area contributed by atoms with E-state index in [0.29, 0.717) is 30.2 Å². The average Bonchev–Trinajstić information content (AvgIpc) is 3.12. The molecule has 0 aromatic carbocycles. The Bertz CT molecular complexity index is 996. The first-order chi connectivity index (χ1) is 14.0. The van der Waals surface area contributed by atoms with E-state index in [1.54, 1.807) is 12.3 Å². The maximum absolute atomic E-state index is 12.6. The molecular formula is C19H22N6O4. The maximum Gasteiger partial charge on any atom is 0.290 e. The molecule has 1 amide bonds. The van der Waals surface area contributed by atoms with Gasteiger partial charge in [-0.25, -0.2) is 9.97 Å². The van der Waals surface area contributed by atoms with E-state index in [0.717, 1.165) is 35.6 Å². The minimum Gasteiger partial charge on any atom is -0.483 e. The van der Waals surface area contributed by atoms with Crippen LogP contribution < -0.4 is 10.2 Å². The van der Waals surface area contributed by atoms with Gasteiger partial charge >= 0.3 is 0 Å². The highest BCUT2D eigenvalue weighted by Gasteiger charge is 2.16.